The van der Waals surface area contributed by atoms with E-state index in [1.54, 1.807) is 18.2 Å². The second-order valence-corrected chi connectivity index (χ2v) is 6.66. The lowest BCUT2D eigenvalue weighted by Crippen LogP contribution is -2.05. The van der Waals surface area contributed by atoms with Gasteiger partial charge in [0.05, 0.1) is 0 Å². The van der Waals surface area contributed by atoms with Gasteiger partial charge in [0.2, 0.25) is 0 Å². The van der Waals surface area contributed by atoms with Crippen molar-refractivity contribution < 1.29 is 0 Å². The van der Waals surface area contributed by atoms with Gasteiger partial charge in [0, 0.05) is 26.4 Å². The van der Waals surface area contributed by atoms with Crippen molar-refractivity contribution in [1.29, 1.82) is 0 Å². The normalized spacial score (nSPS) is 10.6. The van der Waals surface area contributed by atoms with Crippen LogP contribution in [-0.2, 0) is 0 Å². The summed E-state index contributed by atoms with van der Waals surface area (Å²) in [5.74, 6) is 0.909. The Balaban J connectivity index is 1.90. The maximum atomic E-state index is 6.19. The molecule has 0 saturated carbocycles. The first-order valence-electron chi connectivity index (χ1n) is 7.29. The summed E-state index contributed by atoms with van der Waals surface area (Å²) >= 11 is 18.1. The topological polar surface area (TPSA) is 75.9 Å². The van der Waals surface area contributed by atoms with Crippen molar-refractivity contribution in [1.82, 2.24) is 9.97 Å². The standard InChI is InChI=1S/C17H14Cl3N5/c1-9-2-3-10(18)7-14(9)25-17-15(21)16(22-8-23-17)24-13-5-11(19)4-12(20)6-13/h2-8H,21H2,1H3,(H2,22,23,24,25). The summed E-state index contributed by atoms with van der Waals surface area (Å²) in [6.07, 6.45) is 1.41. The monoisotopic (exact) mass is 393 g/mol. The molecule has 0 aliphatic rings. The van der Waals surface area contributed by atoms with Crippen molar-refractivity contribution in [2.24, 2.45) is 0 Å². The minimum atomic E-state index is 0.359. The Morgan fingerprint density at radius 2 is 1.48 bits per heavy atom. The van der Waals surface area contributed by atoms with E-state index in [1.165, 1.54) is 6.33 Å². The molecule has 0 amide bonds. The third-order valence-electron chi connectivity index (χ3n) is 3.46. The van der Waals surface area contributed by atoms with Gasteiger partial charge in [-0.05, 0) is 42.8 Å². The largest absolute Gasteiger partial charge is 0.393 e. The zero-order chi connectivity index (χ0) is 18.0. The summed E-state index contributed by atoms with van der Waals surface area (Å²) in [7, 11) is 0. The number of nitrogens with zero attached hydrogens (tertiary/aromatic N) is 2. The van der Waals surface area contributed by atoms with Gasteiger partial charge >= 0.3 is 0 Å². The highest BCUT2D eigenvalue weighted by Crippen LogP contribution is 2.31. The number of aromatic nitrogens is 2. The van der Waals surface area contributed by atoms with Gasteiger partial charge in [0.15, 0.2) is 11.6 Å². The first-order valence-corrected chi connectivity index (χ1v) is 8.42. The van der Waals surface area contributed by atoms with Gasteiger partial charge < -0.3 is 16.4 Å². The predicted molar refractivity (Wildman–Crippen MR) is 106 cm³/mol. The molecular formula is C17H14Cl3N5. The van der Waals surface area contributed by atoms with E-state index in [2.05, 4.69) is 20.6 Å². The van der Waals surface area contributed by atoms with Crippen LogP contribution in [0.15, 0.2) is 42.7 Å². The van der Waals surface area contributed by atoms with Crippen molar-refractivity contribution in [2.45, 2.75) is 6.92 Å². The van der Waals surface area contributed by atoms with Gasteiger partial charge in [0.1, 0.15) is 12.0 Å². The Bertz CT molecular complexity index is 910. The van der Waals surface area contributed by atoms with E-state index in [1.807, 2.05) is 25.1 Å². The van der Waals surface area contributed by atoms with E-state index in [4.69, 9.17) is 40.5 Å². The van der Waals surface area contributed by atoms with Crippen LogP contribution < -0.4 is 16.4 Å². The molecule has 0 aliphatic heterocycles. The van der Waals surface area contributed by atoms with Crippen molar-refractivity contribution in [2.75, 3.05) is 16.4 Å². The van der Waals surface area contributed by atoms with Crippen LogP contribution in [0.2, 0.25) is 15.1 Å². The number of hydrogen-bond acceptors (Lipinski definition) is 5. The summed E-state index contributed by atoms with van der Waals surface area (Å²) in [4.78, 5) is 8.37. The Morgan fingerprint density at radius 1 is 0.840 bits per heavy atom. The lowest BCUT2D eigenvalue weighted by Gasteiger charge is -2.14. The lowest BCUT2D eigenvalue weighted by molar-refractivity contribution is 1.17. The highest BCUT2D eigenvalue weighted by Gasteiger charge is 2.11. The van der Waals surface area contributed by atoms with Gasteiger partial charge in [-0.15, -0.1) is 0 Å². The molecule has 1 aromatic heterocycles. The maximum Gasteiger partial charge on any atom is 0.159 e. The van der Waals surface area contributed by atoms with Gasteiger partial charge in [0.25, 0.3) is 0 Å². The zero-order valence-corrected chi connectivity index (χ0v) is 15.4. The number of anilines is 5. The first kappa shape index (κ1) is 17.6. The third kappa shape index (κ3) is 4.25. The molecular weight excluding hydrogens is 381 g/mol. The van der Waals surface area contributed by atoms with E-state index in [-0.39, 0.29) is 0 Å². The molecule has 0 aliphatic carbocycles. The van der Waals surface area contributed by atoms with Crippen LogP contribution in [0.25, 0.3) is 0 Å². The smallest absolute Gasteiger partial charge is 0.159 e. The first-order chi connectivity index (χ1) is 11.9. The number of nitrogen functional groups attached to an aromatic ring is 1. The predicted octanol–water partition coefficient (Wildman–Crippen LogP) is 5.81. The van der Waals surface area contributed by atoms with Crippen LogP contribution in [0.4, 0.5) is 28.7 Å². The molecule has 128 valence electrons. The van der Waals surface area contributed by atoms with Gasteiger partial charge in [-0.1, -0.05) is 40.9 Å². The van der Waals surface area contributed by atoms with Crippen LogP contribution in [0, 0.1) is 6.92 Å². The fourth-order valence-corrected chi connectivity index (χ4v) is 2.91. The van der Waals surface area contributed by atoms with E-state index in [9.17, 15) is 0 Å². The minimum Gasteiger partial charge on any atom is -0.393 e. The highest BCUT2D eigenvalue weighted by atomic mass is 35.5. The molecule has 0 spiro atoms. The number of benzene rings is 2. The van der Waals surface area contributed by atoms with Crippen molar-refractivity contribution >= 4 is 63.5 Å². The van der Waals surface area contributed by atoms with Gasteiger partial charge in [-0.3, -0.25) is 0 Å². The van der Waals surface area contributed by atoms with Crippen molar-refractivity contribution in [3.8, 4) is 0 Å². The minimum absolute atomic E-state index is 0.359. The molecule has 0 saturated heterocycles. The van der Waals surface area contributed by atoms with Gasteiger partial charge in [-0.25, -0.2) is 9.97 Å². The quantitative estimate of drug-likeness (QED) is 0.520. The number of halogens is 3. The van der Waals surface area contributed by atoms with E-state index >= 15 is 0 Å². The van der Waals surface area contributed by atoms with E-state index in [0.29, 0.717) is 38.1 Å². The summed E-state index contributed by atoms with van der Waals surface area (Å²) in [5, 5.41) is 7.91. The molecule has 0 radical (unpaired) electrons. The van der Waals surface area contributed by atoms with Crippen LogP contribution in [0.5, 0.6) is 0 Å². The molecule has 0 atom stereocenters. The Morgan fingerprint density at radius 3 is 2.16 bits per heavy atom. The van der Waals surface area contributed by atoms with Crippen molar-refractivity contribution in [3.63, 3.8) is 0 Å². The molecule has 0 unspecified atom stereocenters. The number of nitrogens with two attached hydrogens (primary N) is 1. The average Bonchev–Trinajstić information content (AvgIpc) is 2.54. The van der Waals surface area contributed by atoms with E-state index < -0.39 is 0 Å². The maximum absolute atomic E-state index is 6.19. The molecule has 5 nitrogen and oxygen atoms in total. The van der Waals surface area contributed by atoms with Gasteiger partial charge in [-0.2, -0.15) is 0 Å². The molecule has 0 fully saturated rings. The van der Waals surface area contributed by atoms with E-state index in [0.717, 1.165) is 11.3 Å². The Labute approximate surface area is 160 Å². The summed E-state index contributed by atoms with van der Waals surface area (Å²) < 4.78 is 0. The van der Waals surface area contributed by atoms with Crippen LogP contribution in [0.1, 0.15) is 5.56 Å². The number of aryl methyl sites for hydroxylation is 1. The second kappa shape index (κ2) is 7.35. The number of hydrogen-bond donors (Lipinski definition) is 3. The summed E-state index contributed by atoms with van der Waals surface area (Å²) in [6.45, 7) is 1.96. The molecule has 4 N–H and O–H groups in total. The van der Waals surface area contributed by atoms with Crippen LogP contribution >= 0.6 is 34.8 Å². The third-order valence-corrected chi connectivity index (χ3v) is 4.13. The lowest BCUT2D eigenvalue weighted by atomic mass is 10.2. The van der Waals surface area contributed by atoms with Crippen LogP contribution in [-0.4, -0.2) is 9.97 Å². The molecule has 1 heterocycles. The Hall–Kier alpha value is -2.21. The van der Waals surface area contributed by atoms with Crippen molar-refractivity contribution in [3.05, 3.63) is 63.4 Å². The Kier molecular flexibility index (Phi) is 5.18. The fourth-order valence-electron chi connectivity index (χ4n) is 2.21. The summed E-state index contributed by atoms with van der Waals surface area (Å²) in [5.41, 5.74) is 9.05. The second-order valence-electron chi connectivity index (χ2n) is 5.35. The fraction of sp³-hybridized carbons (Fsp3) is 0.0588. The molecule has 25 heavy (non-hydrogen) atoms. The van der Waals surface area contributed by atoms with Crippen LogP contribution in [0.3, 0.4) is 0 Å². The average molecular weight is 395 g/mol. The number of rotatable bonds is 4. The molecule has 2 aromatic carbocycles. The zero-order valence-electron chi connectivity index (χ0n) is 13.1. The SMILES string of the molecule is Cc1ccc(Cl)cc1Nc1ncnc(Nc2cc(Cl)cc(Cl)c2)c1N. The molecule has 3 aromatic rings. The number of nitrogens with one attached hydrogen (secondary N) is 2. The molecule has 0 bridgehead atoms. The molecule has 8 heteroatoms. The summed E-state index contributed by atoms with van der Waals surface area (Å²) in [6, 6.07) is 10.6. The molecule has 3 rings (SSSR count). The highest BCUT2D eigenvalue weighted by molar-refractivity contribution is 6.35.